The maximum absolute atomic E-state index is 12.8. The standard InChI is InChI=1S/C21H21N3O4S/c1-29(27,28)16-7-5-6-15(13-16)22-20(25)14-9-10-17-18(12-14)23-19-8-3-2-4-11-24(19)21(17)26/h5-7,9-10,12-13H,2-4,8,11H2,1H3,(H,22,25). The van der Waals surface area contributed by atoms with Crippen LogP contribution in [0.2, 0.25) is 0 Å². The van der Waals surface area contributed by atoms with Gasteiger partial charge in [0.1, 0.15) is 5.82 Å². The molecule has 1 aromatic heterocycles. The van der Waals surface area contributed by atoms with Crippen LogP contribution in [-0.4, -0.2) is 30.1 Å². The first-order valence-corrected chi connectivity index (χ1v) is 11.4. The minimum Gasteiger partial charge on any atom is -0.322 e. The number of nitrogens with one attached hydrogen (secondary N) is 1. The molecule has 29 heavy (non-hydrogen) atoms. The van der Waals surface area contributed by atoms with Crippen molar-refractivity contribution in [1.82, 2.24) is 9.55 Å². The quantitative estimate of drug-likeness (QED) is 0.715. The summed E-state index contributed by atoms with van der Waals surface area (Å²) in [4.78, 5) is 30.2. The molecule has 0 fully saturated rings. The van der Waals surface area contributed by atoms with Crippen molar-refractivity contribution in [2.45, 2.75) is 37.1 Å². The summed E-state index contributed by atoms with van der Waals surface area (Å²) < 4.78 is 25.2. The number of amides is 1. The number of fused-ring (bicyclic) bond motifs is 2. The van der Waals surface area contributed by atoms with Gasteiger partial charge in [-0.25, -0.2) is 13.4 Å². The summed E-state index contributed by atoms with van der Waals surface area (Å²) in [6.07, 6.45) is 4.89. The van der Waals surface area contributed by atoms with E-state index in [1.54, 1.807) is 34.9 Å². The molecule has 1 aliphatic rings. The lowest BCUT2D eigenvalue weighted by Crippen LogP contribution is -2.24. The molecule has 2 aromatic carbocycles. The monoisotopic (exact) mass is 411 g/mol. The second-order valence-electron chi connectivity index (χ2n) is 7.28. The molecule has 0 saturated carbocycles. The fraction of sp³-hybridized carbons (Fsp3) is 0.286. The molecule has 0 spiro atoms. The van der Waals surface area contributed by atoms with Gasteiger partial charge in [0, 0.05) is 30.5 Å². The Hall–Kier alpha value is -3.00. The molecule has 3 aromatic rings. The van der Waals surface area contributed by atoms with Crippen LogP contribution < -0.4 is 10.9 Å². The summed E-state index contributed by atoms with van der Waals surface area (Å²) >= 11 is 0. The largest absolute Gasteiger partial charge is 0.322 e. The normalized spacial score (nSPS) is 14.2. The highest BCUT2D eigenvalue weighted by molar-refractivity contribution is 7.90. The number of carbonyl (C=O) groups excluding carboxylic acids is 1. The predicted molar refractivity (Wildman–Crippen MR) is 111 cm³/mol. The first-order valence-electron chi connectivity index (χ1n) is 9.48. The topological polar surface area (TPSA) is 98.1 Å². The van der Waals surface area contributed by atoms with Crippen LogP contribution in [0.15, 0.2) is 52.2 Å². The predicted octanol–water partition coefficient (Wildman–Crippen LogP) is 2.78. The van der Waals surface area contributed by atoms with E-state index in [4.69, 9.17) is 0 Å². The Bertz CT molecular complexity index is 1280. The van der Waals surface area contributed by atoms with E-state index >= 15 is 0 Å². The van der Waals surface area contributed by atoms with E-state index in [0.717, 1.165) is 37.8 Å². The number of rotatable bonds is 3. The number of carbonyl (C=O) groups is 1. The fourth-order valence-electron chi connectivity index (χ4n) is 3.57. The summed E-state index contributed by atoms with van der Waals surface area (Å²) in [5, 5.41) is 3.20. The van der Waals surface area contributed by atoms with E-state index in [2.05, 4.69) is 10.3 Å². The molecule has 0 radical (unpaired) electrons. The minimum absolute atomic E-state index is 0.0697. The minimum atomic E-state index is -3.37. The van der Waals surface area contributed by atoms with Gasteiger partial charge in [-0.2, -0.15) is 0 Å². The lowest BCUT2D eigenvalue weighted by molar-refractivity contribution is 0.102. The Labute approximate surface area is 168 Å². The number of hydrogen-bond acceptors (Lipinski definition) is 5. The van der Waals surface area contributed by atoms with Crippen LogP contribution in [-0.2, 0) is 22.8 Å². The average molecular weight is 411 g/mol. The van der Waals surface area contributed by atoms with Crippen molar-refractivity contribution >= 4 is 32.3 Å². The van der Waals surface area contributed by atoms with E-state index in [1.807, 2.05) is 0 Å². The summed E-state index contributed by atoms with van der Waals surface area (Å²) in [7, 11) is -3.37. The first kappa shape index (κ1) is 19.3. The highest BCUT2D eigenvalue weighted by atomic mass is 32.2. The van der Waals surface area contributed by atoms with Gasteiger partial charge in [-0.05, 0) is 49.2 Å². The molecular formula is C21H21N3O4S. The SMILES string of the molecule is CS(=O)(=O)c1cccc(NC(=O)c2ccc3c(=O)n4c(nc3c2)CCCCC4)c1. The lowest BCUT2D eigenvalue weighted by Gasteiger charge is -2.11. The van der Waals surface area contributed by atoms with Gasteiger partial charge in [0.25, 0.3) is 11.5 Å². The van der Waals surface area contributed by atoms with Crippen molar-refractivity contribution < 1.29 is 13.2 Å². The Morgan fingerprint density at radius 3 is 2.72 bits per heavy atom. The van der Waals surface area contributed by atoms with Crippen LogP contribution in [0.5, 0.6) is 0 Å². The van der Waals surface area contributed by atoms with E-state index in [-0.39, 0.29) is 10.5 Å². The maximum atomic E-state index is 12.8. The third kappa shape index (κ3) is 3.93. The Balaban J connectivity index is 1.68. The van der Waals surface area contributed by atoms with Gasteiger partial charge in [0.2, 0.25) is 0 Å². The summed E-state index contributed by atoms with van der Waals surface area (Å²) in [6, 6.07) is 10.9. The zero-order chi connectivity index (χ0) is 20.6. The Morgan fingerprint density at radius 1 is 1.10 bits per heavy atom. The van der Waals surface area contributed by atoms with Crippen molar-refractivity contribution in [2.75, 3.05) is 11.6 Å². The van der Waals surface area contributed by atoms with Crippen molar-refractivity contribution in [3.8, 4) is 0 Å². The molecule has 8 heteroatoms. The van der Waals surface area contributed by atoms with Crippen LogP contribution >= 0.6 is 0 Å². The second-order valence-corrected chi connectivity index (χ2v) is 9.30. The molecule has 1 amide bonds. The number of sulfone groups is 1. The van der Waals surface area contributed by atoms with E-state index < -0.39 is 15.7 Å². The number of aryl methyl sites for hydroxylation is 1. The molecule has 7 nitrogen and oxygen atoms in total. The molecule has 0 saturated heterocycles. The fourth-order valence-corrected chi connectivity index (χ4v) is 4.23. The van der Waals surface area contributed by atoms with Gasteiger partial charge in [-0.3, -0.25) is 14.2 Å². The van der Waals surface area contributed by atoms with E-state index in [9.17, 15) is 18.0 Å². The van der Waals surface area contributed by atoms with Crippen molar-refractivity contribution in [2.24, 2.45) is 0 Å². The average Bonchev–Trinajstić information content (AvgIpc) is 2.93. The van der Waals surface area contributed by atoms with Crippen LogP contribution in [0.1, 0.15) is 35.4 Å². The second kappa shape index (κ2) is 7.44. The Kier molecular flexibility index (Phi) is 4.96. The number of nitrogens with zero attached hydrogens (tertiary/aromatic N) is 2. The van der Waals surface area contributed by atoms with Gasteiger partial charge < -0.3 is 5.32 Å². The van der Waals surface area contributed by atoms with E-state index in [0.29, 0.717) is 28.7 Å². The third-order valence-electron chi connectivity index (χ3n) is 5.10. The van der Waals surface area contributed by atoms with Crippen molar-refractivity contribution in [3.63, 3.8) is 0 Å². The van der Waals surface area contributed by atoms with Gasteiger partial charge in [0.05, 0.1) is 15.8 Å². The summed E-state index contributed by atoms with van der Waals surface area (Å²) in [5.74, 6) is 0.368. The van der Waals surface area contributed by atoms with Gasteiger partial charge >= 0.3 is 0 Å². The summed E-state index contributed by atoms with van der Waals surface area (Å²) in [5.41, 5.74) is 1.17. The molecule has 1 N–H and O–H groups in total. The molecule has 4 rings (SSSR count). The maximum Gasteiger partial charge on any atom is 0.261 e. The van der Waals surface area contributed by atoms with Gasteiger partial charge in [-0.1, -0.05) is 12.5 Å². The molecule has 1 aliphatic heterocycles. The van der Waals surface area contributed by atoms with Crippen molar-refractivity contribution in [1.29, 1.82) is 0 Å². The molecule has 2 heterocycles. The number of hydrogen-bond donors (Lipinski definition) is 1. The zero-order valence-electron chi connectivity index (χ0n) is 16.0. The third-order valence-corrected chi connectivity index (χ3v) is 6.21. The van der Waals surface area contributed by atoms with Gasteiger partial charge in [0.15, 0.2) is 9.84 Å². The highest BCUT2D eigenvalue weighted by Gasteiger charge is 2.16. The molecular weight excluding hydrogens is 390 g/mol. The smallest absolute Gasteiger partial charge is 0.261 e. The Morgan fingerprint density at radius 2 is 1.93 bits per heavy atom. The molecule has 0 atom stereocenters. The number of benzene rings is 2. The highest BCUT2D eigenvalue weighted by Crippen LogP contribution is 2.19. The molecule has 0 bridgehead atoms. The molecule has 0 aliphatic carbocycles. The van der Waals surface area contributed by atoms with Gasteiger partial charge in [-0.15, -0.1) is 0 Å². The molecule has 0 unspecified atom stereocenters. The first-order chi connectivity index (χ1) is 13.8. The number of aromatic nitrogens is 2. The van der Waals surface area contributed by atoms with Crippen LogP contribution in [0, 0.1) is 0 Å². The van der Waals surface area contributed by atoms with Crippen LogP contribution in [0.4, 0.5) is 5.69 Å². The van der Waals surface area contributed by atoms with Crippen LogP contribution in [0.3, 0.4) is 0 Å². The zero-order valence-corrected chi connectivity index (χ0v) is 16.8. The molecule has 150 valence electrons. The lowest BCUT2D eigenvalue weighted by atomic mass is 10.1. The van der Waals surface area contributed by atoms with Crippen LogP contribution in [0.25, 0.3) is 10.9 Å². The van der Waals surface area contributed by atoms with Crippen molar-refractivity contribution in [3.05, 3.63) is 64.2 Å². The van der Waals surface area contributed by atoms with E-state index in [1.165, 1.54) is 12.1 Å². The number of anilines is 1. The summed E-state index contributed by atoms with van der Waals surface area (Å²) in [6.45, 7) is 0.677.